The fourth-order valence-electron chi connectivity index (χ4n) is 1.74. The second-order valence-electron chi connectivity index (χ2n) is 4.35. The first kappa shape index (κ1) is 13.7. The van der Waals surface area contributed by atoms with E-state index in [0.717, 1.165) is 23.0 Å². The van der Waals surface area contributed by atoms with Crippen molar-refractivity contribution in [1.29, 1.82) is 0 Å². The molecule has 1 aromatic rings. The highest BCUT2D eigenvalue weighted by atomic mass is 79.9. The third-order valence-corrected chi connectivity index (χ3v) is 3.21. The smallest absolute Gasteiger partial charge is 0.126 e. The first-order valence-corrected chi connectivity index (χ1v) is 6.51. The lowest BCUT2D eigenvalue weighted by atomic mass is 9.96. The first-order valence-electron chi connectivity index (χ1n) is 5.72. The molecule has 0 saturated heterocycles. The molecule has 1 N–H and O–H groups in total. The van der Waals surface area contributed by atoms with Crippen LogP contribution in [-0.4, -0.2) is 12.6 Å². The minimum atomic E-state index is -0.119. The monoisotopic (exact) mass is 287 g/mol. The van der Waals surface area contributed by atoms with Crippen LogP contribution in [0.2, 0.25) is 0 Å². The van der Waals surface area contributed by atoms with Crippen molar-refractivity contribution < 1.29 is 4.39 Å². The number of likely N-dealkylation sites (N-methyl/N-ethyl adjacent to an activating group) is 1. The Morgan fingerprint density at radius 2 is 2.06 bits per heavy atom. The summed E-state index contributed by atoms with van der Waals surface area (Å²) >= 11 is 3.38. The maximum Gasteiger partial charge on any atom is 0.126 e. The van der Waals surface area contributed by atoms with Gasteiger partial charge in [-0.2, -0.15) is 0 Å². The van der Waals surface area contributed by atoms with Gasteiger partial charge in [0.2, 0.25) is 0 Å². The number of hydrogen-bond donors (Lipinski definition) is 1. The maximum absolute atomic E-state index is 13.6. The SMILES string of the molecule is CCNC(Cc1cc(Br)ccc1F)C(C)C. The zero-order valence-electron chi connectivity index (χ0n) is 10.1. The molecule has 16 heavy (non-hydrogen) atoms. The van der Waals surface area contributed by atoms with E-state index in [9.17, 15) is 4.39 Å². The maximum atomic E-state index is 13.6. The van der Waals surface area contributed by atoms with Crippen LogP contribution in [0.15, 0.2) is 22.7 Å². The summed E-state index contributed by atoms with van der Waals surface area (Å²) in [5.41, 5.74) is 0.772. The molecule has 0 bridgehead atoms. The van der Waals surface area contributed by atoms with E-state index in [4.69, 9.17) is 0 Å². The Balaban J connectivity index is 2.80. The molecule has 1 aromatic carbocycles. The molecule has 3 heteroatoms. The van der Waals surface area contributed by atoms with Gasteiger partial charge >= 0.3 is 0 Å². The fourth-order valence-corrected chi connectivity index (χ4v) is 2.15. The van der Waals surface area contributed by atoms with Gasteiger partial charge in [-0.3, -0.25) is 0 Å². The summed E-state index contributed by atoms with van der Waals surface area (Å²) in [5, 5.41) is 3.40. The highest BCUT2D eigenvalue weighted by Crippen LogP contribution is 2.18. The average Bonchev–Trinajstić information content (AvgIpc) is 2.22. The van der Waals surface area contributed by atoms with Gasteiger partial charge in [0.15, 0.2) is 0 Å². The summed E-state index contributed by atoms with van der Waals surface area (Å²) in [4.78, 5) is 0. The van der Waals surface area contributed by atoms with Gasteiger partial charge in [0, 0.05) is 10.5 Å². The Hall–Kier alpha value is -0.410. The van der Waals surface area contributed by atoms with E-state index >= 15 is 0 Å². The van der Waals surface area contributed by atoms with Crippen molar-refractivity contribution in [3.63, 3.8) is 0 Å². The molecule has 0 spiro atoms. The van der Waals surface area contributed by atoms with Gasteiger partial charge in [-0.1, -0.05) is 36.7 Å². The van der Waals surface area contributed by atoms with Crippen molar-refractivity contribution in [2.24, 2.45) is 5.92 Å². The lowest BCUT2D eigenvalue weighted by Gasteiger charge is -2.22. The minimum absolute atomic E-state index is 0.119. The van der Waals surface area contributed by atoms with Gasteiger partial charge in [-0.05, 0) is 42.6 Å². The fraction of sp³-hybridized carbons (Fsp3) is 0.538. The average molecular weight is 288 g/mol. The van der Waals surface area contributed by atoms with Gasteiger partial charge < -0.3 is 5.32 Å². The van der Waals surface area contributed by atoms with E-state index in [1.165, 1.54) is 6.07 Å². The third kappa shape index (κ3) is 3.87. The van der Waals surface area contributed by atoms with Crippen LogP contribution in [0.25, 0.3) is 0 Å². The van der Waals surface area contributed by atoms with Gasteiger partial charge in [0.05, 0.1) is 0 Å². The standard InChI is InChI=1S/C13H19BrFN/c1-4-16-13(9(2)3)8-10-7-11(14)5-6-12(10)15/h5-7,9,13,16H,4,8H2,1-3H3. The molecule has 0 aliphatic carbocycles. The van der Waals surface area contributed by atoms with Gasteiger partial charge in [-0.15, -0.1) is 0 Å². The molecule has 1 atom stereocenters. The molecule has 0 aromatic heterocycles. The van der Waals surface area contributed by atoms with Crippen LogP contribution in [0.5, 0.6) is 0 Å². The first-order chi connectivity index (χ1) is 7.54. The van der Waals surface area contributed by atoms with E-state index in [1.807, 2.05) is 6.07 Å². The Labute approximate surface area is 106 Å². The van der Waals surface area contributed by atoms with Crippen LogP contribution in [0.1, 0.15) is 26.3 Å². The molecule has 0 radical (unpaired) electrons. The number of nitrogens with one attached hydrogen (secondary N) is 1. The van der Waals surface area contributed by atoms with Crippen LogP contribution >= 0.6 is 15.9 Å². The molecule has 0 aliphatic rings. The molecule has 1 rings (SSSR count). The lowest BCUT2D eigenvalue weighted by molar-refractivity contribution is 0.400. The topological polar surface area (TPSA) is 12.0 Å². The van der Waals surface area contributed by atoms with Gasteiger partial charge in [0.1, 0.15) is 5.82 Å². The normalized spacial score (nSPS) is 13.1. The van der Waals surface area contributed by atoms with Crippen LogP contribution in [0.4, 0.5) is 4.39 Å². The van der Waals surface area contributed by atoms with Gasteiger partial charge in [-0.25, -0.2) is 4.39 Å². The van der Waals surface area contributed by atoms with Crippen LogP contribution in [0.3, 0.4) is 0 Å². The molecular formula is C13H19BrFN. The zero-order valence-corrected chi connectivity index (χ0v) is 11.6. The zero-order chi connectivity index (χ0) is 12.1. The summed E-state index contributed by atoms with van der Waals surface area (Å²) in [5.74, 6) is 0.380. The quantitative estimate of drug-likeness (QED) is 0.869. The number of benzene rings is 1. The summed E-state index contributed by atoms with van der Waals surface area (Å²) < 4.78 is 14.5. The highest BCUT2D eigenvalue weighted by molar-refractivity contribution is 9.10. The Morgan fingerprint density at radius 3 is 2.62 bits per heavy atom. The van der Waals surface area contributed by atoms with E-state index in [0.29, 0.717) is 12.0 Å². The highest BCUT2D eigenvalue weighted by Gasteiger charge is 2.15. The summed E-state index contributed by atoms with van der Waals surface area (Å²) in [6, 6.07) is 5.44. The van der Waals surface area contributed by atoms with Crippen LogP contribution < -0.4 is 5.32 Å². The van der Waals surface area contributed by atoms with Crippen molar-refractivity contribution in [3.05, 3.63) is 34.1 Å². The predicted octanol–water partition coefficient (Wildman–Crippen LogP) is 3.76. The van der Waals surface area contributed by atoms with Gasteiger partial charge in [0.25, 0.3) is 0 Å². The molecule has 0 amide bonds. The molecule has 1 unspecified atom stereocenters. The minimum Gasteiger partial charge on any atom is -0.314 e. The summed E-state index contributed by atoms with van der Waals surface area (Å²) in [7, 11) is 0. The molecule has 0 aliphatic heterocycles. The van der Waals surface area contributed by atoms with E-state index in [2.05, 4.69) is 42.0 Å². The molecule has 0 heterocycles. The number of rotatable bonds is 5. The Kier molecular flexibility index (Phi) is 5.42. The van der Waals surface area contributed by atoms with Crippen molar-refractivity contribution in [2.75, 3.05) is 6.54 Å². The van der Waals surface area contributed by atoms with Crippen molar-refractivity contribution in [2.45, 2.75) is 33.2 Å². The largest absolute Gasteiger partial charge is 0.314 e. The summed E-state index contributed by atoms with van der Waals surface area (Å²) in [6.45, 7) is 7.30. The van der Waals surface area contributed by atoms with Crippen LogP contribution in [0, 0.1) is 11.7 Å². The lowest BCUT2D eigenvalue weighted by Crippen LogP contribution is -2.35. The summed E-state index contributed by atoms with van der Waals surface area (Å²) in [6.07, 6.45) is 0.733. The second-order valence-corrected chi connectivity index (χ2v) is 5.26. The number of halogens is 2. The van der Waals surface area contributed by atoms with Crippen molar-refractivity contribution in [1.82, 2.24) is 5.32 Å². The molecule has 1 nitrogen and oxygen atoms in total. The van der Waals surface area contributed by atoms with E-state index < -0.39 is 0 Å². The molecular weight excluding hydrogens is 269 g/mol. The van der Waals surface area contributed by atoms with E-state index in [-0.39, 0.29) is 5.82 Å². The Morgan fingerprint density at radius 1 is 1.38 bits per heavy atom. The molecule has 90 valence electrons. The Bertz CT molecular complexity index is 339. The van der Waals surface area contributed by atoms with Crippen molar-refractivity contribution >= 4 is 15.9 Å². The molecule has 0 saturated carbocycles. The molecule has 0 fully saturated rings. The second kappa shape index (κ2) is 6.36. The van der Waals surface area contributed by atoms with Crippen LogP contribution in [-0.2, 0) is 6.42 Å². The van der Waals surface area contributed by atoms with Crippen molar-refractivity contribution in [3.8, 4) is 0 Å². The van der Waals surface area contributed by atoms with E-state index in [1.54, 1.807) is 6.07 Å². The number of hydrogen-bond acceptors (Lipinski definition) is 1. The third-order valence-electron chi connectivity index (χ3n) is 2.72. The predicted molar refractivity (Wildman–Crippen MR) is 70.1 cm³/mol.